The van der Waals surface area contributed by atoms with Gasteiger partial charge in [-0.05, 0) is 30.7 Å². The molecule has 0 bridgehead atoms. The van der Waals surface area contributed by atoms with Crippen LogP contribution in [0.5, 0.6) is 0 Å². The zero-order chi connectivity index (χ0) is 17.8. The molecule has 1 aliphatic rings. The monoisotopic (exact) mass is 339 g/mol. The fourth-order valence-electron chi connectivity index (χ4n) is 3.02. The summed E-state index contributed by atoms with van der Waals surface area (Å²) in [4.78, 5) is 25.7. The molecule has 0 aromatic heterocycles. The third kappa shape index (κ3) is 4.16. The van der Waals surface area contributed by atoms with Crippen LogP contribution in [0.3, 0.4) is 0 Å². The van der Waals surface area contributed by atoms with Crippen molar-refractivity contribution in [2.24, 2.45) is 5.73 Å². The summed E-state index contributed by atoms with van der Waals surface area (Å²) < 4.78 is 6.00. The van der Waals surface area contributed by atoms with Crippen molar-refractivity contribution in [3.63, 3.8) is 0 Å². The van der Waals surface area contributed by atoms with E-state index in [0.29, 0.717) is 24.3 Å². The number of morpholine rings is 1. The zero-order valence-corrected chi connectivity index (χ0v) is 14.0. The number of benzene rings is 2. The van der Waals surface area contributed by atoms with E-state index in [1.807, 2.05) is 37.3 Å². The van der Waals surface area contributed by atoms with Crippen molar-refractivity contribution in [2.75, 3.05) is 18.4 Å². The van der Waals surface area contributed by atoms with Crippen LogP contribution in [-0.4, -0.2) is 36.0 Å². The van der Waals surface area contributed by atoms with E-state index in [0.717, 1.165) is 5.56 Å². The Morgan fingerprint density at radius 2 is 1.88 bits per heavy atom. The van der Waals surface area contributed by atoms with Crippen molar-refractivity contribution in [1.29, 1.82) is 0 Å². The second-order valence-electron chi connectivity index (χ2n) is 6.13. The van der Waals surface area contributed by atoms with Gasteiger partial charge < -0.3 is 20.7 Å². The summed E-state index contributed by atoms with van der Waals surface area (Å²) in [7, 11) is 0. The third-order valence-corrected chi connectivity index (χ3v) is 4.10. The number of hydrogen-bond acceptors (Lipinski definition) is 3. The van der Waals surface area contributed by atoms with Gasteiger partial charge in [0.25, 0.3) is 5.91 Å². The number of carbonyl (C=O) groups is 2. The lowest BCUT2D eigenvalue weighted by atomic mass is 10.1. The van der Waals surface area contributed by atoms with Gasteiger partial charge in [0.15, 0.2) is 0 Å². The third-order valence-electron chi connectivity index (χ3n) is 4.10. The summed E-state index contributed by atoms with van der Waals surface area (Å²) in [6, 6.07) is 16.0. The van der Waals surface area contributed by atoms with Crippen LogP contribution in [0.2, 0.25) is 0 Å². The molecule has 0 spiro atoms. The standard InChI is InChI=1S/C19H21N3O3/c1-13-11-22(12-17(25-13)14-6-3-2-4-7-14)18(23)15-8-5-9-16(10-15)21-19(20)24/h2-10,13,17H,11-12H2,1H3,(H3,20,21,24). The van der Waals surface area contributed by atoms with Crippen LogP contribution in [0.1, 0.15) is 28.9 Å². The van der Waals surface area contributed by atoms with E-state index in [2.05, 4.69) is 5.32 Å². The zero-order valence-electron chi connectivity index (χ0n) is 14.0. The number of ether oxygens (including phenoxy) is 1. The first-order valence-electron chi connectivity index (χ1n) is 8.19. The molecule has 25 heavy (non-hydrogen) atoms. The molecule has 1 saturated heterocycles. The van der Waals surface area contributed by atoms with Crippen molar-refractivity contribution < 1.29 is 14.3 Å². The molecule has 2 unspecified atom stereocenters. The minimum absolute atomic E-state index is 0.0603. The number of carbonyl (C=O) groups excluding carboxylic acids is 2. The highest BCUT2D eigenvalue weighted by molar-refractivity contribution is 5.96. The average Bonchev–Trinajstić information content (AvgIpc) is 2.61. The molecule has 6 nitrogen and oxygen atoms in total. The topological polar surface area (TPSA) is 84.7 Å². The van der Waals surface area contributed by atoms with Crippen LogP contribution < -0.4 is 11.1 Å². The maximum Gasteiger partial charge on any atom is 0.316 e. The SMILES string of the molecule is CC1CN(C(=O)c2cccc(NC(N)=O)c2)CC(c2ccccc2)O1. The van der Waals surface area contributed by atoms with E-state index >= 15 is 0 Å². The fourth-order valence-corrected chi connectivity index (χ4v) is 3.02. The molecule has 3 amide bonds. The van der Waals surface area contributed by atoms with E-state index in [4.69, 9.17) is 10.5 Å². The molecule has 2 atom stereocenters. The number of rotatable bonds is 3. The van der Waals surface area contributed by atoms with Crippen LogP contribution in [0.25, 0.3) is 0 Å². The lowest BCUT2D eigenvalue weighted by Crippen LogP contribution is -2.46. The molecule has 0 aliphatic carbocycles. The number of hydrogen-bond donors (Lipinski definition) is 2. The number of nitrogens with one attached hydrogen (secondary N) is 1. The summed E-state index contributed by atoms with van der Waals surface area (Å²) in [5.41, 5.74) is 7.19. The molecule has 2 aromatic rings. The molecular formula is C19H21N3O3. The van der Waals surface area contributed by atoms with Gasteiger partial charge in [-0.15, -0.1) is 0 Å². The largest absolute Gasteiger partial charge is 0.367 e. The maximum atomic E-state index is 12.9. The Balaban J connectivity index is 1.78. The smallest absolute Gasteiger partial charge is 0.316 e. The number of primary amides is 1. The number of anilines is 1. The van der Waals surface area contributed by atoms with E-state index < -0.39 is 6.03 Å². The minimum Gasteiger partial charge on any atom is -0.367 e. The molecule has 3 rings (SSSR count). The molecule has 1 fully saturated rings. The summed E-state index contributed by atoms with van der Waals surface area (Å²) in [5.74, 6) is -0.0933. The Morgan fingerprint density at radius 3 is 2.60 bits per heavy atom. The highest BCUT2D eigenvalue weighted by Gasteiger charge is 2.29. The Bertz CT molecular complexity index is 764. The first-order valence-corrected chi connectivity index (χ1v) is 8.19. The van der Waals surface area contributed by atoms with Gasteiger partial charge in [0.2, 0.25) is 0 Å². The van der Waals surface area contributed by atoms with Gasteiger partial charge in [-0.1, -0.05) is 36.4 Å². The molecule has 1 aliphatic heterocycles. The van der Waals surface area contributed by atoms with Crippen molar-refractivity contribution in [2.45, 2.75) is 19.1 Å². The van der Waals surface area contributed by atoms with E-state index in [1.165, 1.54) is 0 Å². The first kappa shape index (κ1) is 17.0. The Kier molecular flexibility index (Phi) is 5.00. The predicted octanol–water partition coefficient (Wildman–Crippen LogP) is 2.78. The van der Waals surface area contributed by atoms with E-state index in [-0.39, 0.29) is 18.1 Å². The molecule has 6 heteroatoms. The highest BCUT2D eigenvalue weighted by atomic mass is 16.5. The van der Waals surface area contributed by atoms with Crippen LogP contribution in [0.4, 0.5) is 10.5 Å². The van der Waals surface area contributed by atoms with Crippen LogP contribution >= 0.6 is 0 Å². The van der Waals surface area contributed by atoms with Crippen molar-refractivity contribution >= 4 is 17.6 Å². The Morgan fingerprint density at radius 1 is 1.12 bits per heavy atom. The van der Waals surface area contributed by atoms with Gasteiger partial charge in [-0.3, -0.25) is 4.79 Å². The molecule has 1 heterocycles. The fraction of sp³-hybridized carbons (Fsp3) is 0.263. The average molecular weight is 339 g/mol. The minimum atomic E-state index is -0.659. The molecule has 0 radical (unpaired) electrons. The summed E-state index contributed by atoms with van der Waals surface area (Å²) in [5, 5.41) is 2.49. The number of nitrogens with zero attached hydrogens (tertiary/aromatic N) is 1. The lowest BCUT2D eigenvalue weighted by molar-refractivity contribution is -0.0691. The van der Waals surface area contributed by atoms with Crippen molar-refractivity contribution in [1.82, 2.24) is 4.90 Å². The lowest BCUT2D eigenvalue weighted by Gasteiger charge is -2.37. The Labute approximate surface area is 146 Å². The molecule has 3 N–H and O–H groups in total. The summed E-state index contributed by atoms with van der Waals surface area (Å²) in [6.07, 6.45) is -0.212. The highest BCUT2D eigenvalue weighted by Crippen LogP contribution is 2.26. The van der Waals surface area contributed by atoms with Gasteiger partial charge in [0.05, 0.1) is 12.6 Å². The van der Waals surface area contributed by atoms with E-state index in [9.17, 15) is 9.59 Å². The van der Waals surface area contributed by atoms with Crippen LogP contribution in [0, 0.1) is 0 Å². The van der Waals surface area contributed by atoms with Crippen molar-refractivity contribution in [3.8, 4) is 0 Å². The second-order valence-corrected chi connectivity index (χ2v) is 6.13. The summed E-state index contributed by atoms with van der Waals surface area (Å²) >= 11 is 0. The number of urea groups is 1. The van der Waals surface area contributed by atoms with Gasteiger partial charge >= 0.3 is 6.03 Å². The van der Waals surface area contributed by atoms with Gasteiger partial charge in [-0.25, -0.2) is 4.79 Å². The maximum absolute atomic E-state index is 12.9. The number of amides is 3. The first-order chi connectivity index (χ1) is 12.0. The van der Waals surface area contributed by atoms with Gasteiger partial charge in [0, 0.05) is 17.8 Å². The van der Waals surface area contributed by atoms with Gasteiger partial charge in [-0.2, -0.15) is 0 Å². The molecule has 2 aromatic carbocycles. The molecule has 0 saturated carbocycles. The van der Waals surface area contributed by atoms with E-state index in [1.54, 1.807) is 29.2 Å². The molecular weight excluding hydrogens is 318 g/mol. The van der Waals surface area contributed by atoms with Gasteiger partial charge in [0.1, 0.15) is 6.10 Å². The second kappa shape index (κ2) is 7.36. The van der Waals surface area contributed by atoms with Crippen LogP contribution in [0.15, 0.2) is 54.6 Å². The Hall–Kier alpha value is -2.86. The number of nitrogens with two attached hydrogens (primary N) is 1. The van der Waals surface area contributed by atoms with Crippen molar-refractivity contribution in [3.05, 3.63) is 65.7 Å². The molecule has 130 valence electrons. The van der Waals surface area contributed by atoms with Crippen LogP contribution in [-0.2, 0) is 4.74 Å². The predicted molar refractivity (Wildman–Crippen MR) is 95.3 cm³/mol. The normalized spacial score (nSPS) is 20.1. The quantitative estimate of drug-likeness (QED) is 0.902. The summed E-state index contributed by atoms with van der Waals surface area (Å²) in [6.45, 7) is 2.97.